The maximum absolute atomic E-state index is 12.4. The van der Waals surface area contributed by atoms with Gasteiger partial charge < -0.3 is 5.32 Å². The summed E-state index contributed by atoms with van der Waals surface area (Å²) in [5.74, 6) is 0. The molecule has 0 saturated carbocycles. The highest BCUT2D eigenvalue weighted by molar-refractivity contribution is 7.89. The fourth-order valence-corrected chi connectivity index (χ4v) is 2.93. The van der Waals surface area contributed by atoms with Gasteiger partial charge in [-0.15, -0.1) is 0 Å². The summed E-state index contributed by atoms with van der Waals surface area (Å²) in [6.45, 7) is 0.588. The van der Waals surface area contributed by atoms with Gasteiger partial charge in [-0.05, 0) is 7.05 Å². The Kier molecular flexibility index (Phi) is 5.54. The van der Waals surface area contributed by atoms with Crippen LogP contribution in [0.3, 0.4) is 0 Å². The number of hydrogen-bond donors (Lipinski definition) is 1. The minimum absolute atomic E-state index is 0.236. The third kappa shape index (κ3) is 4.46. The van der Waals surface area contributed by atoms with E-state index in [1.807, 2.05) is 0 Å². The first-order valence-electron chi connectivity index (χ1n) is 5.94. The third-order valence-electron chi connectivity index (χ3n) is 2.55. The van der Waals surface area contributed by atoms with Crippen molar-refractivity contribution >= 4 is 10.0 Å². The lowest BCUT2D eigenvalue weighted by Gasteiger charge is -2.20. The van der Waals surface area contributed by atoms with E-state index in [-0.39, 0.29) is 11.4 Å². The molecule has 116 valence electrons. The maximum atomic E-state index is 12.4. The molecule has 10 heteroatoms. The predicted molar refractivity (Wildman–Crippen MR) is 66.6 cm³/mol. The van der Waals surface area contributed by atoms with Gasteiger partial charge >= 0.3 is 6.18 Å². The molecule has 0 aromatic carbocycles. The minimum Gasteiger partial charge on any atom is -0.318 e. The van der Waals surface area contributed by atoms with Crippen LogP contribution in [0.1, 0.15) is 6.92 Å². The highest BCUT2D eigenvalue weighted by Crippen LogP contribution is 2.22. The molecule has 0 spiro atoms. The molecule has 0 aliphatic carbocycles. The number of hydrogen-bond acceptors (Lipinski definition) is 4. The fraction of sp³-hybridized carbons (Fsp3) is 0.700. The zero-order valence-corrected chi connectivity index (χ0v) is 12.0. The Labute approximate surface area is 115 Å². The Morgan fingerprint density at radius 2 is 2.10 bits per heavy atom. The number of aromatic nitrogens is 2. The summed E-state index contributed by atoms with van der Waals surface area (Å²) in [7, 11) is -2.45. The summed E-state index contributed by atoms with van der Waals surface area (Å²) in [6.07, 6.45) is -2.29. The Hall–Kier alpha value is -1.13. The smallest absolute Gasteiger partial charge is 0.318 e. The maximum Gasteiger partial charge on any atom is 0.402 e. The number of halogens is 3. The largest absolute Gasteiger partial charge is 0.402 e. The number of nitrogens with zero attached hydrogens (tertiary/aromatic N) is 3. The summed E-state index contributed by atoms with van der Waals surface area (Å²) in [6, 6.07) is 0. The predicted octanol–water partition coefficient (Wildman–Crippen LogP) is 0.675. The average molecular weight is 314 g/mol. The van der Waals surface area contributed by atoms with Crippen LogP contribution < -0.4 is 5.32 Å². The van der Waals surface area contributed by atoms with Crippen molar-refractivity contribution in [2.24, 2.45) is 0 Å². The summed E-state index contributed by atoms with van der Waals surface area (Å²) in [4.78, 5) is -0.236. The molecular formula is C10H17F3N4O2S. The van der Waals surface area contributed by atoms with E-state index in [1.165, 1.54) is 17.8 Å². The van der Waals surface area contributed by atoms with E-state index in [1.54, 1.807) is 7.05 Å². The van der Waals surface area contributed by atoms with E-state index in [9.17, 15) is 21.6 Å². The van der Waals surface area contributed by atoms with Crippen molar-refractivity contribution in [3.8, 4) is 0 Å². The van der Waals surface area contributed by atoms with E-state index in [2.05, 4.69) is 10.4 Å². The normalized spacial score (nSPS) is 13.1. The van der Waals surface area contributed by atoms with Gasteiger partial charge in [0, 0.05) is 19.3 Å². The first-order chi connectivity index (χ1) is 9.20. The molecule has 0 saturated heterocycles. The SMILES string of the molecule is CCN(CC(F)(F)F)S(=O)(=O)c1cnn(CCNC)c1. The molecule has 1 aromatic rings. The van der Waals surface area contributed by atoms with Gasteiger partial charge in [-0.2, -0.15) is 22.6 Å². The van der Waals surface area contributed by atoms with Crippen LogP contribution in [0.5, 0.6) is 0 Å². The van der Waals surface area contributed by atoms with Crippen molar-refractivity contribution in [1.82, 2.24) is 19.4 Å². The van der Waals surface area contributed by atoms with Crippen molar-refractivity contribution in [3.05, 3.63) is 12.4 Å². The lowest BCUT2D eigenvalue weighted by atomic mass is 10.6. The van der Waals surface area contributed by atoms with Crippen LogP contribution in [-0.4, -0.2) is 55.4 Å². The molecular weight excluding hydrogens is 297 g/mol. The van der Waals surface area contributed by atoms with Crippen LogP contribution >= 0.6 is 0 Å². The zero-order chi connectivity index (χ0) is 15.4. The standard InChI is InChI=1S/C10H17F3N4O2S/c1-3-17(8-10(11,12)13)20(18,19)9-6-15-16(7-9)5-4-14-2/h6-7,14H,3-5,8H2,1-2H3. The highest BCUT2D eigenvalue weighted by Gasteiger charge is 2.36. The second kappa shape index (κ2) is 6.55. The van der Waals surface area contributed by atoms with Crippen LogP contribution in [0.2, 0.25) is 0 Å². The Bertz CT molecular complexity index is 527. The van der Waals surface area contributed by atoms with Gasteiger partial charge in [0.2, 0.25) is 10.0 Å². The Morgan fingerprint density at radius 3 is 2.60 bits per heavy atom. The van der Waals surface area contributed by atoms with Gasteiger partial charge in [0.05, 0.1) is 12.7 Å². The molecule has 6 nitrogen and oxygen atoms in total. The van der Waals surface area contributed by atoms with Crippen LogP contribution in [0.15, 0.2) is 17.3 Å². The minimum atomic E-state index is -4.58. The topological polar surface area (TPSA) is 67.2 Å². The summed E-state index contributed by atoms with van der Waals surface area (Å²) >= 11 is 0. The molecule has 0 aliphatic heterocycles. The van der Waals surface area contributed by atoms with Gasteiger partial charge in [0.15, 0.2) is 0 Å². The lowest BCUT2D eigenvalue weighted by molar-refractivity contribution is -0.135. The number of sulfonamides is 1. The summed E-state index contributed by atoms with van der Waals surface area (Å²) in [5.41, 5.74) is 0. The van der Waals surface area contributed by atoms with Gasteiger partial charge in [-0.1, -0.05) is 6.92 Å². The molecule has 0 aliphatic rings. The molecule has 1 heterocycles. The van der Waals surface area contributed by atoms with Crippen molar-refractivity contribution in [2.75, 3.05) is 26.7 Å². The summed E-state index contributed by atoms with van der Waals surface area (Å²) in [5, 5.41) is 6.68. The molecule has 0 unspecified atom stereocenters. The second-order valence-corrected chi connectivity index (χ2v) is 6.03. The first kappa shape index (κ1) is 16.9. The molecule has 20 heavy (non-hydrogen) atoms. The van der Waals surface area contributed by atoms with Gasteiger partial charge in [-0.3, -0.25) is 4.68 Å². The van der Waals surface area contributed by atoms with Crippen LogP contribution in [0.4, 0.5) is 13.2 Å². The van der Waals surface area contributed by atoms with E-state index in [0.29, 0.717) is 17.4 Å². The Balaban J connectivity index is 2.93. The number of likely N-dealkylation sites (N-methyl/N-ethyl adjacent to an activating group) is 1. The van der Waals surface area contributed by atoms with Crippen LogP contribution in [0, 0.1) is 0 Å². The monoisotopic (exact) mass is 314 g/mol. The number of nitrogens with one attached hydrogen (secondary N) is 1. The molecule has 0 bridgehead atoms. The van der Waals surface area contributed by atoms with Gasteiger partial charge in [0.25, 0.3) is 0 Å². The van der Waals surface area contributed by atoms with Crippen molar-refractivity contribution in [3.63, 3.8) is 0 Å². The molecule has 1 aromatic heterocycles. The first-order valence-corrected chi connectivity index (χ1v) is 7.38. The van der Waals surface area contributed by atoms with Crippen LogP contribution in [-0.2, 0) is 16.6 Å². The van der Waals surface area contributed by atoms with E-state index >= 15 is 0 Å². The third-order valence-corrected chi connectivity index (χ3v) is 4.42. The van der Waals surface area contributed by atoms with Crippen molar-refractivity contribution < 1.29 is 21.6 Å². The second-order valence-electron chi connectivity index (χ2n) is 4.09. The average Bonchev–Trinajstić information content (AvgIpc) is 2.81. The molecule has 1 rings (SSSR count). The quantitative estimate of drug-likeness (QED) is 0.803. The zero-order valence-electron chi connectivity index (χ0n) is 11.2. The molecule has 1 N–H and O–H groups in total. The van der Waals surface area contributed by atoms with Crippen molar-refractivity contribution in [1.29, 1.82) is 0 Å². The fourth-order valence-electron chi connectivity index (χ4n) is 1.54. The van der Waals surface area contributed by atoms with E-state index in [0.717, 1.165) is 6.20 Å². The lowest BCUT2D eigenvalue weighted by Crippen LogP contribution is -2.38. The number of alkyl halides is 3. The molecule has 0 atom stereocenters. The van der Waals surface area contributed by atoms with E-state index in [4.69, 9.17) is 0 Å². The molecule has 0 radical (unpaired) electrons. The van der Waals surface area contributed by atoms with Crippen molar-refractivity contribution in [2.45, 2.75) is 24.5 Å². The molecule has 0 fully saturated rings. The molecule has 0 amide bonds. The van der Waals surface area contributed by atoms with Gasteiger partial charge in [-0.25, -0.2) is 8.42 Å². The van der Waals surface area contributed by atoms with Gasteiger partial charge in [0.1, 0.15) is 11.4 Å². The van der Waals surface area contributed by atoms with E-state index < -0.39 is 22.7 Å². The summed E-state index contributed by atoms with van der Waals surface area (Å²) < 4.78 is 63.0. The Morgan fingerprint density at radius 1 is 1.45 bits per heavy atom. The number of rotatable bonds is 7. The van der Waals surface area contributed by atoms with Crippen LogP contribution in [0.25, 0.3) is 0 Å². The highest BCUT2D eigenvalue weighted by atomic mass is 32.2.